The molecule has 0 aliphatic heterocycles. The van der Waals surface area contributed by atoms with Gasteiger partial charge in [-0.3, -0.25) is 0 Å². The van der Waals surface area contributed by atoms with Crippen molar-refractivity contribution in [2.24, 2.45) is 5.73 Å². The SMILES string of the molecule is COc1c(F)cc(Cn2cnc(CN)n2)cc1F. The van der Waals surface area contributed by atoms with Gasteiger partial charge in [0.15, 0.2) is 23.2 Å². The van der Waals surface area contributed by atoms with E-state index >= 15 is 0 Å². The molecule has 1 heterocycles. The molecule has 0 aliphatic rings. The first-order valence-electron chi connectivity index (χ1n) is 5.24. The van der Waals surface area contributed by atoms with Crippen LogP contribution >= 0.6 is 0 Å². The fourth-order valence-electron chi connectivity index (χ4n) is 1.59. The largest absolute Gasteiger partial charge is 0.491 e. The minimum absolute atomic E-state index is 0.213. The lowest BCUT2D eigenvalue weighted by atomic mass is 10.2. The number of methoxy groups -OCH3 is 1. The standard InChI is InChI=1S/C11H12F2N4O/c1-18-11-8(12)2-7(3-9(11)13)5-17-6-15-10(4-14)16-17/h2-3,6H,4-5,14H2,1H3. The van der Waals surface area contributed by atoms with Crippen LogP contribution in [-0.4, -0.2) is 21.9 Å². The van der Waals surface area contributed by atoms with Crippen molar-refractivity contribution in [3.63, 3.8) is 0 Å². The molecule has 0 atom stereocenters. The van der Waals surface area contributed by atoms with Gasteiger partial charge in [0.2, 0.25) is 0 Å². The zero-order chi connectivity index (χ0) is 13.1. The predicted octanol–water partition coefficient (Wildman–Crippen LogP) is 1.07. The number of nitrogens with two attached hydrogens (primary N) is 1. The fourth-order valence-corrected chi connectivity index (χ4v) is 1.59. The van der Waals surface area contributed by atoms with Crippen LogP contribution in [0, 0.1) is 11.6 Å². The van der Waals surface area contributed by atoms with Gasteiger partial charge in [-0.05, 0) is 17.7 Å². The third-order valence-electron chi connectivity index (χ3n) is 2.37. The van der Waals surface area contributed by atoms with Crippen molar-refractivity contribution in [1.82, 2.24) is 14.8 Å². The smallest absolute Gasteiger partial charge is 0.190 e. The molecule has 0 fully saturated rings. The average molecular weight is 254 g/mol. The number of benzene rings is 1. The summed E-state index contributed by atoms with van der Waals surface area (Å²) < 4.78 is 33.0. The Labute approximate surface area is 102 Å². The molecule has 0 amide bonds. The molecule has 7 heteroatoms. The molecule has 0 aliphatic carbocycles. The third-order valence-corrected chi connectivity index (χ3v) is 2.37. The van der Waals surface area contributed by atoms with Crippen molar-refractivity contribution < 1.29 is 13.5 Å². The number of hydrogen-bond acceptors (Lipinski definition) is 4. The summed E-state index contributed by atoms with van der Waals surface area (Å²) in [5.74, 6) is -1.40. The van der Waals surface area contributed by atoms with E-state index in [2.05, 4.69) is 14.8 Å². The van der Waals surface area contributed by atoms with Crippen molar-refractivity contribution in [3.05, 3.63) is 41.5 Å². The maximum Gasteiger partial charge on any atom is 0.190 e. The van der Waals surface area contributed by atoms with E-state index in [-0.39, 0.29) is 18.8 Å². The maximum absolute atomic E-state index is 13.5. The number of ether oxygens (including phenoxy) is 1. The Morgan fingerprint density at radius 3 is 2.50 bits per heavy atom. The van der Waals surface area contributed by atoms with Crippen molar-refractivity contribution in [2.45, 2.75) is 13.1 Å². The molecular weight excluding hydrogens is 242 g/mol. The lowest BCUT2D eigenvalue weighted by Gasteiger charge is -2.06. The molecule has 2 aromatic rings. The van der Waals surface area contributed by atoms with Crippen LogP contribution < -0.4 is 10.5 Å². The van der Waals surface area contributed by atoms with Gasteiger partial charge in [-0.1, -0.05) is 0 Å². The molecule has 0 saturated heterocycles. The van der Waals surface area contributed by atoms with Crippen LogP contribution in [0.25, 0.3) is 0 Å². The number of halogens is 2. The molecule has 96 valence electrons. The second kappa shape index (κ2) is 5.09. The lowest BCUT2D eigenvalue weighted by molar-refractivity contribution is 0.359. The van der Waals surface area contributed by atoms with Crippen LogP contribution in [0.15, 0.2) is 18.5 Å². The molecule has 2 rings (SSSR count). The van der Waals surface area contributed by atoms with Gasteiger partial charge in [0.25, 0.3) is 0 Å². The lowest BCUT2D eigenvalue weighted by Crippen LogP contribution is -2.05. The highest BCUT2D eigenvalue weighted by Gasteiger charge is 2.12. The van der Waals surface area contributed by atoms with Gasteiger partial charge in [-0.15, -0.1) is 0 Å². The molecule has 1 aromatic heterocycles. The summed E-state index contributed by atoms with van der Waals surface area (Å²) in [6, 6.07) is 2.40. The Morgan fingerprint density at radius 2 is 2.00 bits per heavy atom. The molecule has 0 spiro atoms. The molecule has 0 radical (unpaired) electrons. The third kappa shape index (κ3) is 2.45. The number of aromatic nitrogens is 3. The molecular formula is C11H12F2N4O. The van der Waals surface area contributed by atoms with Gasteiger partial charge in [0.1, 0.15) is 6.33 Å². The molecule has 0 unspecified atom stereocenters. The van der Waals surface area contributed by atoms with E-state index < -0.39 is 11.6 Å². The van der Waals surface area contributed by atoms with Gasteiger partial charge < -0.3 is 10.5 Å². The van der Waals surface area contributed by atoms with E-state index in [0.29, 0.717) is 11.4 Å². The van der Waals surface area contributed by atoms with Crippen LogP contribution in [-0.2, 0) is 13.1 Å². The number of hydrogen-bond donors (Lipinski definition) is 1. The molecule has 1 aromatic carbocycles. The monoisotopic (exact) mass is 254 g/mol. The summed E-state index contributed by atoms with van der Waals surface area (Å²) in [5, 5.41) is 4.03. The Hall–Kier alpha value is -2.02. The average Bonchev–Trinajstić information content (AvgIpc) is 2.76. The second-order valence-corrected chi connectivity index (χ2v) is 3.66. The van der Waals surface area contributed by atoms with Crippen molar-refractivity contribution in [3.8, 4) is 5.75 Å². The first kappa shape index (κ1) is 12.4. The second-order valence-electron chi connectivity index (χ2n) is 3.66. The maximum atomic E-state index is 13.5. The van der Waals surface area contributed by atoms with Crippen LogP contribution in [0.1, 0.15) is 11.4 Å². The fraction of sp³-hybridized carbons (Fsp3) is 0.273. The number of rotatable bonds is 4. The zero-order valence-corrected chi connectivity index (χ0v) is 9.73. The first-order valence-corrected chi connectivity index (χ1v) is 5.24. The van der Waals surface area contributed by atoms with Gasteiger partial charge in [0, 0.05) is 0 Å². The Kier molecular flexibility index (Phi) is 3.52. The van der Waals surface area contributed by atoms with Gasteiger partial charge >= 0.3 is 0 Å². The van der Waals surface area contributed by atoms with E-state index in [9.17, 15) is 8.78 Å². The van der Waals surface area contributed by atoms with E-state index in [1.165, 1.54) is 30.3 Å². The Balaban J connectivity index is 2.24. The Morgan fingerprint density at radius 1 is 1.33 bits per heavy atom. The molecule has 0 bridgehead atoms. The summed E-state index contributed by atoms with van der Waals surface area (Å²) in [5.41, 5.74) is 5.80. The topological polar surface area (TPSA) is 66.0 Å². The van der Waals surface area contributed by atoms with Gasteiger partial charge in [-0.25, -0.2) is 18.4 Å². The van der Waals surface area contributed by atoms with Crippen LogP contribution in [0.4, 0.5) is 8.78 Å². The first-order chi connectivity index (χ1) is 8.63. The van der Waals surface area contributed by atoms with Crippen molar-refractivity contribution in [2.75, 3.05) is 7.11 Å². The molecule has 18 heavy (non-hydrogen) atoms. The van der Waals surface area contributed by atoms with E-state index in [4.69, 9.17) is 5.73 Å². The van der Waals surface area contributed by atoms with Gasteiger partial charge in [0.05, 0.1) is 20.2 Å². The van der Waals surface area contributed by atoms with Crippen LogP contribution in [0.3, 0.4) is 0 Å². The minimum Gasteiger partial charge on any atom is -0.491 e. The highest BCUT2D eigenvalue weighted by atomic mass is 19.1. The highest BCUT2D eigenvalue weighted by Crippen LogP contribution is 2.23. The van der Waals surface area contributed by atoms with Crippen molar-refractivity contribution in [1.29, 1.82) is 0 Å². The number of nitrogens with zero attached hydrogens (tertiary/aromatic N) is 3. The highest BCUT2D eigenvalue weighted by molar-refractivity contribution is 5.31. The van der Waals surface area contributed by atoms with Crippen LogP contribution in [0.5, 0.6) is 5.75 Å². The summed E-state index contributed by atoms with van der Waals surface area (Å²) in [7, 11) is 1.21. The summed E-state index contributed by atoms with van der Waals surface area (Å²) in [4.78, 5) is 3.92. The van der Waals surface area contributed by atoms with E-state index in [1.54, 1.807) is 0 Å². The van der Waals surface area contributed by atoms with Crippen molar-refractivity contribution >= 4 is 0 Å². The van der Waals surface area contributed by atoms with Gasteiger partial charge in [-0.2, -0.15) is 5.10 Å². The predicted molar refractivity (Wildman–Crippen MR) is 59.9 cm³/mol. The summed E-state index contributed by atoms with van der Waals surface area (Å²) in [6.07, 6.45) is 1.46. The minimum atomic E-state index is -0.744. The summed E-state index contributed by atoms with van der Waals surface area (Å²) >= 11 is 0. The molecule has 5 nitrogen and oxygen atoms in total. The zero-order valence-electron chi connectivity index (χ0n) is 9.73. The van der Waals surface area contributed by atoms with Crippen LogP contribution in [0.2, 0.25) is 0 Å². The normalized spacial score (nSPS) is 10.7. The van der Waals surface area contributed by atoms with E-state index in [1.807, 2.05) is 0 Å². The quantitative estimate of drug-likeness (QED) is 0.886. The molecule has 0 saturated carbocycles. The molecule has 2 N–H and O–H groups in total. The van der Waals surface area contributed by atoms with E-state index in [0.717, 1.165) is 0 Å². The summed E-state index contributed by atoms with van der Waals surface area (Å²) in [6.45, 7) is 0.434. The Bertz CT molecular complexity index is 533.